The molecule has 0 aliphatic carbocycles. The standard InChI is InChI=1S/C55H112O8/c1-9-17-33-56-41-25-50(26-42-57-34-18-10-2)54(51(27-43-58-35-19-11-3)28-44-59-36-20-12-4)49-55(52(29-45-60-37-21-13-5)30-46-61-38-22-14-6)53(31-47-62-39-23-15-7)32-48-63-40-24-16-8/h50-55H,9-49H2,1-8H3. The Balaban J connectivity index is 7.45. The lowest BCUT2D eigenvalue weighted by atomic mass is 9.65. The van der Waals surface area contributed by atoms with E-state index in [1.54, 1.807) is 0 Å². The lowest BCUT2D eigenvalue weighted by Crippen LogP contribution is -2.36. The van der Waals surface area contributed by atoms with Gasteiger partial charge >= 0.3 is 0 Å². The van der Waals surface area contributed by atoms with Crippen LogP contribution in [0.3, 0.4) is 0 Å². The van der Waals surface area contributed by atoms with Crippen LogP contribution in [0.25, 0.3) is 0 Å². The molecule has 8 nitrogen and oxygen atoms in total. The van der Waals surface area contributed by atoms with E-state index in [2.05, 4.69) is 55.4 Å². The average Bonchev–Trinajstić information content (AvgIpc) is 3.29. The molecule has 0 aliphatic heterocycles. The third kappa shape index (κ3) is 38.4. The number of ether oxygens (including phenoxy) is 8. The van der Waals surface area contributed by atoms with Crippen molar-refractivity contribution in [1.82, 2.24) is 0 Å². The molecule has 8 heteroatoms. The topological polar surface area (TPSA) is 73.8 Å². The van der Waals surface area contributed by atoms with Gasteiger partial charge in [-0.05, 0) is 145 Å². The molecule has 0 N–H and O–H groups in total. The Morgan fingerprint density at radius 1 is 0.206 bits per heavy atom. The summed E-state index contributed by atoms with van der Waals surface area (Å²) in [5.41, 5.74) is 0. The van der Waals surface area contributed by atoms with Crippen molar-refractivity contribution < 1.29 is 37.9 Å². The summed E-state index contributed by atoms with van der Waals surface area (Å²) in [7, 11) is 0. The number of hydrogen-bond donors (Lipinski definition) is 0. The van der Waals surface area contributed by atoms with Gasteiger partial charge in [-0.1, -0.05) is 107 Å². The maximum Gasteiger partial charge on any atom is 0.0468 e. The first-order valence-electron chi connectivity index (χ1n) is 27.7. The van der Waals surface area contributed by atoms with Crippen molar-refractivity contribution in [1.29, 1.82) is 0 Å². The summed E-state index contributed by atoms with van der Waals surface area (Å²) in [6, 6.07) is 0. The minimum absolute atomic E-state index is 0.483. The quantitative estimate of drug-likeness (QED) is 0.0559. The lowest BCUT2D eigenvalue weighted by Gasteiger charge is -2.42. The van der Waals surface area contributed by atoms with Gasteiger partial charge in [0.2, 0.25) is 0 Å². The fourth-order valence-corrected chi connectivity index (χ4v) is 8.81. The maximum atomic E-state index is 6.41. The second-order valence-electron chi connectivity index (χ2n) is 18.6. The van der Waals surface area contributed by atoms with E-state index in [1.807, 2.05) is 0 Å². The highest BCUT2D eigenvalue weighted by Gasteiger charge is 2.37. The maximum absolute atomic E-state index is 6.41. The molecule has 0 unspecified atom stereocenters. The molecule has 0 atom stereocenters. The van der Waals surface area contributed by atoms with E-state index < -0.39 is 0 Å². The van der Waals surface area contributed by atoms with Gasteiger partial charge in [-0.2, -0.15) is 0 Å². The fourth-order valence-electron chi connectivity index (χ4n) is 8.81. The second-order valence-corrected chi connectivity index (χ2v) is 18.6. The Kier molecular flexibility index (Phi) is 50.8. The van der Waals surface area contributed by atoms with Gasteiger partial charge < -0.3 is 37.9 Å². The Morgan fingerprint density at radius 2 is 0.349 bits per heavy atom. The zero-order valence-electron chi connectivity index (χ0n) is 43.7. The highest BCUT2D eigenvalue weighted by atomic mass is 16.5. The van der Waals surface area contributed by atoms with Crippen molar-refractivity contribution in [2.75, 3.05) is 106 Å². The molecule has 0 rings (SSSR count). The van der Waals surface area contributed by atoms with E-state index in [1.165, 1.54) is 6.42 Å². The van der Waals surface area contributed by atoms with Crippen molar-refractivity contribution in [2.45, 2.75) is 216 Å². The molecule has 0 amide bonds. The summed E-state index contributed by atoms with van der Waals surface area (Å²) in [5.74, 6) is 2.90. The van der Waals surface area contributed by atoms with E-state index >= 15 is 0 Å². The zero-order chi connectivity index (χ0) is 46.1. The monoisotopic (exact) mass is 901 g/mol. The van der Waals surface area contributed by atoms with Crippen molar-refractivity contribution in [3.63, 3.8) is 0 Å². The van der Waals surface area contributed by atoms with Gasteiger partial charge in [-0.15, -0.1) is 0 Å². The number of rotatable bonds is 54. The van der Waals surface area contributed by atoms with Crippen molar-refractivity contribution >= 4 is 0 Å². The smallest absolute Gasteiger partial charge is 0.0468 e. The third-order valence-corrected chi connectivity index (χ3v) is 13.2. The lowest BCUT2D eigenvalue weighted by molar-refractivity contribution is 0.00350. The normalized spacial score (nSPS) is 12.3. The van der Waals surface area contributed by atoms with E-state index in [-0.39, 0.29) is 0 Å². The highest BCUT2D eigenvalue weighted by Crippen LogP contribution is 2.44. The third-order valence-electron chi connectivity index (χ3n) is 13.2. The largest absolute Gasteiger partial charge is 0.381 e. The molecule has 380 valence electrons. The SMILES string of the molecule is CCCCOCCC(CCOCCCC)C(CC(C(CCOCCCC)CCOCCCC)C(CCOCCCC)CCOCCCC)C(CCOCCCC)CCOCCCC. The predicted octanol–water partition coefficient (Wildman–Crippen LogP) is 14.7. The molecule has 0 aromatic carbocycles. The minimum Gasteiger partial charge on any atom is -0.381 e. The van der Waals surface area contributed by atoms with E-state index in [4.69, 9.17) is 37.9 Å². The summed E-state index contributed by atoms with van der Waals surface area (Å²) in [4.78, 5) is 0. The Morgan fingerprint density at radius 3 is 0.476 bits per heavy atom. The molecule has 0 saturated heterocycles. The summed E-state index contributed by atoms with van der Waals surface area (Å²) in [5, 5.41) is 0. The van der Waals surface area contributed by atoms with Crippen LogP contribution in [0.2, 0.25) is 0 Å². The van der Waals surface area contributed by atoms with Gasteiger partial charge in [-0.3, -0.25) is 0 Å². The molecule has 0 aromatic heterocycles. The molecule has 0 spiro atoms. The molecule has 0 saturated carbocycles. The van der Waals surface area contributed by atoms with E-state index in [0.29, 0.717) is 35.5 Å². The predicted molar refractivity (Wildman–Crippen MR) is 268 cm³/mol. The summed E-state index contributed by atoms with van der Waals surface area (Å²) in [6.45, 7) is 31.3. The van der Waals surface area contributed by atoms with Crippen molar-refractivity contribution in [3.8, 4) is 0 Å². The van der Waals surface area contributed by atoms with Crippen LogP contribution in [0.4, 0.5) is 0 Å². The summed E-state index contributed by atoms with van der Waals surface area (Å²) in [6.07, 6.45) is 28.0. The second kappa shape index (κ2) is 51.1. The first-order valence-corrected chi connectivity index (χ1v) is 27.7. The van der Waals surface area contributed by atoms with Gasteiger partial charge in [-0.25, -0.2) is 0 Å². The first kappa shape index (κ1) is 62.7. The number of hydrogen-bond acceptors (Lipinski definition) is 8. The Hall–Kier alpha value is -0.320. The van der Waals surface area contributed by atoms with Crippen LogP contribution >= 0.6 is 0 Å². The van der Waals surface area contributed by atoms with Crippen LogP contribution in [-0.4, -0.2) is 106 Å². The van der Waals surface area contributed by atoms with Gasteiger partial charge in [0.1, 0.15) is 0 Å². The van der Waals surface area contributed by atoms with Gasteiger partial charge in [0.15, 0.2) is 0 Å². The fraction of sp³-hybridized carbons (Fsp3) is 1.00. The van der Waals surface area contributed by atoms with Crippen molar-refractivity contribution in [3.05, 3.63) is 0 Å². The zero-order valence-corrected chi connectivity index (χ0v) is 43.7. The molecule has 63 heavy (non-hydrogen) atoms. The molecule has 0 aliphatic rings. The Labute approximate surface area is 393 Å². The van der Waals surface area contributed by atoms with Crippen LogP contribution in [-0.2, 0) is 37.9 Å². The van der Waals surface area contributed by atoms with Crippen molar-refractivity contribution in [2.24, 2.45) is 35.5 Å². The molecule has 0 radical (unpaired) electrons. The van der Waals surface area contributed by atoms with Gasteiger partial charge in [0.05, 0.1) is 0 Å². The van der Waals surface area contributed by atoms with Crippen LogP contribution in [0.5, 0.6) is 0 Å². The highest BCUT2D eigenvalue weighted by molar-refractivity contribution is 4.87. The van der Waals surface area contributed by atoms with Crippen LogP contribution in [0.15, 0.2) is 0 Å². The van der Waals surface area contributed by atoms with Crippen LogP contribution in [0, 0.1) is 35.5 Å². The molecular formula is C55H112O8. The Bertz CT molecular complexity index is 661. The van der Waals surface area contributed by atoms with Gasteiger partial charge in [0, 0.05) is 106 Å². The average molecular weight is 901 g/mol. The molecule has 0 fully saturated rings. The van der Waals surface area contributed by atoms with Gasteiger partial charge in [0.25, 0.3) is 0 Å². The van der Waals surface area contributed by atoms with E-state index in [9.17, 15) is 0 Å². The summed E-state index contributed by atoms with van der Waals surface area (Å²) >= 11 is 0. The molecular weight excluding hydrogens is 789 g/mol. The van der Waals surface area contributed by atoms with Crippen LogP contribution in [0.1, 0.15) is 216 Å². The first-order chi connectivity index (χ1) is 31.1. The molecule has 0 bridgehead atoms. The van der Waals surface area contributed by atoms with E-state index in [0.717, 1.165) is 260 Å². The summed E-state index contributed by atoms with van der Waals surface area (Å²) < 4.78 is 51.3. The molecule has 0 aromatic rings. The minimum atomic E-state index is 0.483. The number of unbranched alkanes of at least 4 members (excludes halogenated alkanes) is 8. The molecule has 0 heterocycles. The van der Waals surface area contributed by atoms with Crippen LogP contribution < -0.4 is 0 Å².